The van der Waals surface area contributed by atoms with Gasteiger partial charge in [-0.1, -0.05) is 6.07 Å². The number of benzene rings is 1. The number of nitrogens with zero attached hydrogens (tertiary/aromatic N) is 3. The molecule has 1 saturated heterocycles. The number of likely N-dealkylation sites (N-methyl/N-ethyl adjacent to an activating group) is 1. The number of rotatable bonds is 5. The van der Waals surface area contributed by atoms with Crippen LogP contribution in [0.1, 0.15) is 27.2 Å². The molecular weight excluding hydrogens is 429 g/mol. The van der Waals surface area contributed by atoms with Gasteiger partial charge in [0.1, 0.15) is 17.5 Å². The second-order valence-electron chi connectivity index (χ2n) is 9.64. The Kier molecular flexibility index (Phi) is 8.14. The van der Waals surface area contributed by atoms with Crippen molar-refractivity contribution in [2.45, 2.75) is 44.9 Å². The second-order valence-corrected chi connectivity index (χ2v) is 9.64. The van der Waals surface area contributed by atoms with Crippen LogP contribution in [-0.4, -0.2) is 92.6 Å². The molecule has 9 nitrogen and oxygen atoms in total. The van der Waals surface area contributed by atoms with E-state index in [-0.39, 0.29) is 31.1 Å². The van der Waals surface area contributed by atoms with Crippen LogP contribution in [0, 0.1) is 5.82 Å². The number of fused-ring (bicyclic) bond motifs is 1. The quantitative estimate of drug-likeness (QED) is 0.600. The summed E-state index contributed by atoms with van der Waals surface area (Å²) >= 11 is 0. The molecule has 2 heterocycles. The van der Waals surface area contributed by atoms with Gasteiger partial charge in [0.2, 0.25) is 5.91 Å². The highest BCUT2D eigenvalue weighted by Crippen LogP contribution is 2.34. The topological polar surface area (TPSA) is 97.4 Å². The van der Waals surface area contributed by atoms with Crippen LogP contribution in [0.3, 0.4) is 0 Å². The molecule has 2 aliphatic heterocycles. The van der Waals surface area contributed by atoms with Gasteiger partial charge in [-0.3, -0.25) is 9.69 Å². The number of halogens is 1. The lowest BCUT2D eigenvalue weighted by atomic mass is 10.1. The highest BCUT2D eigenvalue weighted by Gasteiger charge is 2.33. The van der Waals surface area contributed by atoms with Crippen LogP contribution < -0.4 is 20.4 Å². The number of carbonyl (C=O) groups is 2. The number of amides is 2. The zero-order valence-corrected chi connectivity index (χ0v) is 19.9. The Balaban J connectivity index is 1.80. The third kappa shape index (κ3) is 6.78. The molecule has 33 heavy (non-hydrogen) atoms. The molecule has 2 aliphatic rings. The molecule has 1 aromatic rings. The summed E-state index contributed by atoms with van der Waals surface area (Å²) in [6.45, 7) is 9.67. The summed E-state index contributed by atoms with van der Waals surface area (Å²) in [7, 11) is 1.56. The highest BCUT2D eigenvalue weighted by atomic mass is 19.1. The molecule has 0 bridgehead atoms. The van der Waals surface area contributed by atoms with Crippen molar-refractivity contribution in [3.8, 4) is 0 Å². The number of nitrogens with one attached hydrogen (secondary N) is 2. The van der Waals surface area contributed by atoms with E-state index in [4.69, 9.17) is 4.74 Å². The van der Waals surface area contributed by atoms with Crippen LogP contribution in [0.2, 0.25) is 0 Å². The Labute approximate surface area is 194 Å². The van der Waals surface area contributed by atoms with Crippen LogP contribution in [-0.2, 0) is 9.53 Å². The molecule has 184 valence electrons. The van der Waals surface area contributed by atoms with Crippen LogP contribution >= 0.6 is 0 Å². The molecule has 2 atom stereocenters. The summed E-state index contributed by atoms with van der Waals surface area (Å²) < 4.78 is 20.3. The molecule has 0 saturated carbocycles. The number of aliphatic hydroxyl groups excluding tert-OH is 1. The van der Waals surface area contributed by atoms with E-state index in [2.05, 4.69) is 15.5 Å². The van der Waals surface area contributed by atoms with E-state index in [1.54, 1.807) is 44.9 Å². The van der Waals surface area contributed by atoms with Crippen molar-refractivity contribution in [1.29, 1.82) is 0 Å². The predicted molar refractivity (Wildman–Crippen MR) is 125 cm³/mol. The zero-order valence-electron chi connectivity index (χ0n) is 19.9. The van der Waals surface area contributed by atoms with Crippen molar-refractivity contribution in [3.05, 3.63) is 24.0 Å². The number of ether oxygens (including phenoxy) is 1. The number of β-amino-alcohol motifs (C(OH)–C–C–N with tert-alkyl or cyclic N) is 1. The largest absolute Gasteiger partial charge is 0.444 e. The lowest BCUT2D eigenvalue weighted by Gasteiger charge is -2.37. The number of anilines is 2. The Bertz CT molecular complexity index is 841. The fourth-order valence-electron chi connectivity index (χ4n) is 4.23. The van der Waals surface area contributed by atoms with Crippen LogP contribution in [0.5, 0.6) is 0 Å². The van der Waals surface area contributed by atoms with E-state index in [1.807, 2.05) is 0 Å². The van der Waals surface area contributed by atoms with Crippen molar-refractivity contribution < 1.29 is 23.8 Å². The zero-order chi connectivity index (χ0) is 24.2. The maximum atomic E-state index is 15.0. The first-order valence-corrected chi connectivity index (χ1v) is 11.5. The first-order valence-electron chi connectivity index (χ1n) is 11.5. The number of piperazine rings is 1. The fourth-order valence-corrected chi connectivity index (χ4v) is 4.23. The fraction of sp³-hybridized carbons (Fsp3) is 0.652. The molecule has 3 N–H and O–H groups in total. The monoisotopic (exact) mass is 465 g/mol. The Morgan fingerprint density at radius 3 is 2.64 bits per heavy atom. The van der Waals surface area contributed by atoms with E-state index in [0.29, 0.717) is 12.2 Å². The lowest BCUT2D eigenvalue weighted by molar-refractivity contribution is -0.120. The van der Waals surface area contributed by atoms with Gasteiger partial charge in [-0.15, -0.1) is 0 Å². The summed E-state index contributed by atoms with van der Waals surface area (Å²) in [5.41, 5.74) is -0.0234. The van der Waals surface area contributed by atoms with E-state index in [0.717, 1.165) is 26.2 Å². The van der Waals surface area contributed by atoms with Gasteiger partial charge < -0.3 is 30.3 Å². The minimum absolute atomic E-state index is 0.207. The maximum Gasteiger partial charge on any atom is 0.408 e. The summed E-state index contributed by atoms with van der Waals surface area (Å²) in [6, 6.07) is 3.73. The van der Waals surface area contributed by atoms with Gasteiger partial charge in [0.05, 0.1) is 17.5 Å². The van der Waals surface area contributed by atoms with Gasteiger partial charge in [0, 0.05) is 52.9 Å². The number of hydrogen-bond donors (Lipinski definition) is 3. The molecule has 1 unspecified atom stereocenters. The van der Waals surface area contributed by atoms with Gasteiger partial charge in [0.25, 0.3) is 0 Å². The Hall–Kier alpha value is -2.43. The van der Waals surface area contributed by atoms with Gasteiger partial charge in [-0.25, -0.2) is 9.18 Å². The number of hydrogen-bond acceptors (Lipinski definition) is 7. The van der Waals surface area contributed by atoms with E-state index in [1.165, 1.54) is 11.0 Å². The molecule has 3 rings (SSSR count). The van der Waals surface area contributed by atoms with Crippen LogP contribution in [0.25, 0.3) is 0 Å². The predicted octanol–water partition coefficient (Wildman–Crippen LogP) is 1.16. The average molecular weight is 466 g/mol. The third-order valence-corrected chi connectivity index (χ3v) is 5.76. The van der Waals surface area contributed by atoms with Crippen molar-refractivity contribution in [3.63, 3.8) is 0 Å². The minimum Gasteiger partial charge on any atom is -0.444 e. The smallest absolute Gasteiger partial charge is 0.408 e. The summed E-state index contributed by atoms with van der Waals surface area (Å²) in [5, 5.41) is 16.7. The number of aliphatic hydroxyl groups is 1. The van der Waals surface area contributed by atoms with Crippen molar-refractivity contribution in [2.75, 3.05) is 62.7 Å². The molecule has 0 spiro atoms. The summed E-state index contributed by atoms with van der Waals surface area (Å²) in [4.78, 5) is 30.7. The van der Waals surface area contributed by atoms with E-state index < -0.39 is 29.7 Å². The Morgan fingerprint density at radius 2 is 1.97 bits per heavy atom. The van der Waals surface area contributed by atoms with Gasteiger partial charge >= 0.3 is 6.09 Å². The average Bonchev–Trinajstić information content (AvgIpc) is 2.73. The maximum absolute atomic E-state index is 15.0. The first kappa shape index (κ1) is 25.2. The normalized spacial score (nSPS) is 21.2. The van der Waals surface area contributed by atoms with E-state index in [9.17, 15) is 19.1 Å². The van der Waals surface area contributed by atoms with Crippen molar-refractivity contribution in [1.82, 2.24) is 15.5 Å². The Morgan fingerprint density at radius 1 is 1.27 bits per heavy atom. The summed E-state index contributed by atoms with van der Waals surface area (Å²) in [6.07, 6.45) is -1.14. The molecular formula is C23H36FN5O4. The first-order chi connectivity index (χ1) is 15.5. The molecule has 1 aromatic carbocycles. The second kappa shape index (κ2) is 10.7. The minimum atomic E-state index is -0.839. The highest BCUT2D eigenvalue weighted by molar-refractivity contribution is 6.01. The summed E-state index contributed by atoms with van der Waals surface area (Å²) in [5.74, 6) is -0.811. The number of para-hydroxylation sites is 1. The van der Waals surface area contributed by atoms with Gasteiger partial charge in [-0.2, -0.15) is 0 Å². The van der Waals surface area contributed by atoms with Crippen LogP contribution in [0.4, 0.5) is 20.6 Å². The van der Waals surface area contributed by atoms with Crippen molar-refractivity contribution in [2.24, 2.45) is 0 Å². The SMILES string of the molecule is CN1C(=O)[C@@H](NC(=O)OC(C)(C)C)CCN(CC(O)CN2CCNCC2)c2c(F)cccc21. The molecule has 10 heteroatoms. The molecule has 0 aromatic heterocycles. The standard InChI is InChI=1S/C23H36FN5O4/c1-23(2,3)33-22(32)26-18-8-11-29(15-16(30)14-28-12-9-25-10-13-28)20-17(24)6-5-7-19(20)27(4)21(18)31/h5-7,16,18,25,30H,8-15H2,1-4H3,(H,26,32)/t16?,18-/m0/s1. The molecule has 2 amide bonds. The van der Waals surface area contributed by atoms with Gasteiger partial charge in [0.15, 0.2) is 0 Å². The van der Waals surface area contributed by atoms with E-state index >= 15 is 0 Å². The number of carbonyl (C=O) groups excluding carboxylic acids is 2. The molecule has 1 fully saturated rings. The molecule has 0 radical (unpaired) electrons. The van der Waals surface area contributed by atoms with Crippen LogP contribution in [0.15, 0.2) is 18.2 Å². The molecule has 0 aliphatic carbocycles. The van der Waals surface area contributed by atoms with Crippen molar-refractivity contribution >= 4 is 23.4 Å². The number of alkyl carbamates (subject to hydrolysis) is 1. The lowest BCUT2D eigenvalue weighted by Crippen LogP contribution is -2.53. The third-order valence-electron chi connectivity index (χ3n) is 5.76. The van der Waals surface area contributed by atoms with Gasteiger partial charge in [-0.05, 0) is 39.3 Å².